The Balaban J connectivity index is 0.000000162. The summed E-state index contributed by atoms with van der Waals surface area (Å²) in [5.41, 5.74) is 11.4. The molecule has 4 aliphatic rings. The van der Waals surface area contributed by atoms with Gasteiger partial charge in [0.1, 0.15) is 0 Å². The third-order valence-corrected chi connectivity index (χ3v) is 4.39. The van der Waals surface area contributed by atoms with Crippen LogP contribution in [0.1, 0.15) is 25.7 Å². The minimum atomic E-state index is 0. The van der Waals surface area contributed by atoms with Gasteiger partial charge in [0.25, 0.3) is 0 Å². The summed E-state index contributed by atoms with van der Waals surface area (Å²) in [5.74, 6) is 1.60. The van der Waals surface area contributed by atoms with Crippen molar-refractivity contribution in [2.24, 2.45) is 23.3 Å². The van der Waals surface area contributed by atoms with Gasteiger partial charge in [-0.3, -0.25) is 0 Å². The second kappa shape index (κ2) is 6.73. The van der Waals surface area contributed by atoms with Gasteiger partial charge in [0, 0.05) is 25.3 Å². The van der Waals surface area contributed by atoms with E-state index < -0.39 is 0 Å². The van der Waals surface area contributed by atoms with Crippen LogP contribution >= 0.6 is 24.8 Å². The van der Waals surface area contributed by atoms with Gasteiger partial charge in [-0.05, 0) is 37.5 Å². The second-order valence-electron chi connectivity index (χ2n) is 5.75. The van der Waals surface area contributed by atoms with Crippen LogP contribution < -0.4 is 11.5 Å². The Morgan fingerprint density at radius 1 is 0.667 bits per heavy atom. The molecule has 0 aromatic rings. The van der Waals surface area contributed by atoms with Gasteiger partial charge in [0.2, 0.25) is 0 Å². The molecule has 2 aliphatic heterocycles. The molecule has 0 radical (unpaired) electrons. The maximum Gasteiger partial charge on any atom is 0.0729 e. The fourth-order valence-electron chi connectivity index (χ4n) is 3.45. The van der Waals surface area contributed by atoms with Crippen molar-refractivity contribution in [3.8, 4) is 0 Å². The van der Waals surface area contributed by atoms with Crippen LogP contribution in [-0.2, 0) is 9.47 Å². The van der Waals surface area contributed by atoms with E-state index in [0.717, 1.165) is 25.0 Å². The molecule has 2 heterocycles. The number of nitrogens with two attached hydrogens (primary N) is 2. The Morgan fingerprint density at radius 3 is 1.17 bits per heavy atom. The maximum atomic E-state index is 5.69. The zero-order valence-corrected chi connectivity index (χ0v) is 12.1. The van der Waals surface area contributed by atoms with Gasteiger partial charge in [0.05, 0.1) is 12.2 Å². The molecule has 2 aliphatic carbocycles. The summed E-state index contributed by atoms with van der Waals surface area (Å²) in [6.07, 6.45) is 5.68. The first-order chi connectivity index (χ1) is 7.72. The average Bonchev–Trinajstić information content (AvgIpc) is 2.94. The highest BCUT2D eigenvalue weighted by Gasteiger charge is 2.39. The monoisotopic (exact) mass is 298 g/mol. The van der Waals surface area contributed by atoms with Gasteiger partial charge in [-0.15, -0.1) is 24.8 Å². The summed E-state index contributed by atoms with van der Waals surface area (Å²) in [6.45, 7) is 1.94. The van der Waals surface area contributed by atoms with E-state index in [-0.39, 0.29) is 24.8 Å². The van der Waals surface area contributed by atoms with E-state index in [9.17, 15) is 0 Å². The molecule has 2 saturated carbocycles. The van der Waals surface area contributed by atoms with E-state index in [1.807, 2.05) is 0 Å². The molecule has 0 spiro atoms. The van der Waals surface area contributed by atoms with E-state index in [4.69, 9.17) is 20.9 Å². The molecule has 4 bridgehead atoms. The smallest absolute Gasteiger partial charge is 0.0729 e. The summed E-state index contributed by atoms with van der Waals surface area (Å²) in [7, 11) is 0. The third kappa shape index (κ3) is 3.30. The molecule has 4 nitrogen and oxygen atoms in total. The van der Waals surface area contributed by atoms with Crippen molar-refractivity contribution in [3.63, 3.8) is 0 Å². The topological polar surface area (TPSA) is 70.5 Å². The van der Waals surface area contributed by atoms with Crippen molar-refractivity contribution in [1.29, 1.82) is 0 Å². The predicted octanol–water partition coefficient (Wildman–Crippen LogP) is 1.09. The summed E-state index contributed by atoms with van der Waals surface area (Å²) >= 11 is 0. The van der Waals surface area contributed by atoms with E-state index >= 15 is 0 Å². The van der Waals surface area contributed by atoms with Crippen molar-refractivity contribution >= 4 is 24.8 Å². The summed E-state index contributed by atoms with van der Waals surface area (Å²) in [6, 6.07) is 0.711. The first-order valence-electron chi connectivity index (χ1n) is 6.46. The number of halogens is 2. The fourth-order valence-corrected chi connectivity index (χ4v) is 3.45. The SMILES string of the molecule is Cl.Cl.N[C@@H]1C[C@@H]2CO[C@H]1C2.N[C@H]1C[C@H]2CO[C@@H]1C2. The lowest BCUT2D eigenvalue weighted by molar-refractivity contribution is 0.0624. The third-order valence-electron chi connectivity index (χ3n) is 4.39. The lowest BCUT2D eigenvalue weighted by Gasteiger charge is -2.16. The maximum absolute atomic E-state index is 5.69. The normalized spacial score (nSPS) is 47.0. The van der Waals surface area contributed by atoms with Crippen molar-refractivity contribution in [3.05, 3.63) is 0 Å². The van der Waals surface area contributed by atoms with Crippen molar-refractivity contribution in [1.82, 2.24) is 0 Å². The van der Waals surface area contributed by atoms with Gasteiger partial charge in [0.15, 0.2) is 0 Å². The van der Waals surface area contributed by atoms with Gasteiger partial charge in [-0.2, -0.15) is 0 Å². The standard InChI is InChI=1S/2C6H11NO.2ClH/c2*7-5-1-4-2-6(5)8-3-4;;/h2*4-6H,1-3,7H2;2*1H/t2*4-,5+,6-;;/m10../s1. The Bertz CT molecular complexity index is 240. The summed E-state index contributed by atoms with van der Waals surface area (Å²) in [4.78, 5) is 0. The Hall–Kier alpha value is 0.420. The lowest BCUT2D eigenvalue weighted by atomic mass is 10.1. The van der Waals surface area contributed by atoms with Crippen LogP contribution in [0.25, 0.3) is 0 Å². The van der Waals surface area contributed by atoms with Crippen molar-refractivity contribution in [2.75, 3.05) is 13.2 Å². The van der Waals surface area contributed by atoms with Crippen molar-refractivity contribution in [2.45, 2.75) is 50.0 Å². The van der Waals surface area contributed by atoms with Crippen molar-refractivity contribution < 1.29 is 9.47 Å². The number of ether oxygens (including phenoxy) is 2. The zero-order valence-electron chi connectivity index (χ0n) is 10.5. The minimum absolute atomic E-state index is 0. The molecule has 2 saturated heterocycles. The number of fused-ring (bicyclic) bond motifs is 4. The molecule has 6 atom stereocenters. The molecule has 4 fully saturated rings. The van der Waals surface area contributed by atoms with Crippen LogP contribution in [0.3, 0.4) is 0 Å². The average molecular weight is 299 g/mol. The molecule has 4 rings (SSSR count). The van der Waals surface area contributed by atoms with Crippen LogP contribution in [0.2, 0.25) is 0 Å². The largest absolute Gasteiger partial charge is 0.376 e. The Labute approximate surface area is 121 Å². The van der Waals surface area contributed by atoms with E-state index in [0.29, 0.717) is 24.3 Å². The van der Waals surface area contributed by atoms with Gasteiger partial charge < -0.3 is 20.9 Å². The van der Waals surface area contributed by atoms with Gasteiger partial charge >= 0.3 is 0 Å². The Morgan fingerprint density at radius 2 is 1.06 bits per heavy atom. The van der Waals surface area contributed by atoms with Crippen LogP contribution in [0, 0.1) is 11.8 Å². The quantitative estimate of drug-likeness (QED) is 0.702. The second-order valence-corrected chi connectivity index (χ2v) is 5.75. The van der Waals surface area contributed by atoms with Crippen LogP contribution in [-0.4, -0.2) is 37.5 Å². The summed E-state index contributed by atoms with van der Waals surface area (Å²) < 4.78 is 10.7. The Kier molecular flexibility index (Phi) is 6.16. The number of hydrogen-bond acceptors (Lipinski definition) is 4. The highest BCUT2D eigenvalue weighted by molar-refractivity contribution is 5.85. The first kappa shape index (κ1) is 16.5. The molecule has 0 aromatic heterocycles. The summed E-state index contributed by atoms with van der Waals surface area (Å²) in [5, 5.41) is 0. The molecule has 18 heavy (non-hydrogen) atoms. The molecule has 6 heteroatoms. The van der Waals surface area contributed by atoms with Crippen LogP contribution in [0.15, 0.2) is 0 Å². The van der Waals surface area contributed by atoms with Crippen LogP contribution in [0.4, 0.5) is 0 Å². The van der Waals surface area contributed by atoms with Gasteiger partial charge in [-0.1, -0.05) is 0 Å². The highest BCUT2D eigenvalue weighted by atomic mass is 35.5. The number of rotatable bonds is 0. The first-order valence-corrected chi connectivity index (χ1v) is 6.46. The molecule has 0 unspecified atom stereocenters. The molecular formula is C12H24Cl2N2O2. The van der Waals surface area contributed by atoms with E-state index in [1.54, 1.807) is 0 Å². The fraction of sp³-hybridized carbons (Fsp3) is 1.00. The number of hydrogen-bond donors (Lipinski definition) is 2. The van der Waals surface area contributed by atoms with E-state index in [1.165, 1.54) is 25.7 Å². The minimum Gasteiger partial charge on any atom is -0.376 e. The molecule has 108 valence electrons. The molecule has 4 N–H and O–H groups in total. The predicted molar refractivity (Wildman–Crippen MR) is 75.4 cm³/mol. The zero-order chi connectivity index (χ0) is 11.1. The highest BCUT2D eigenvalue weighted by Crippen LogP contribution is 2.34. The van der Waals surface area contributed by atoms with E-state index in [2.05, 4.69) is 0 Å². The van der Waals surface area contributed by atoms with Crippen LogP contribution in [0.5, 0.6) is 0 Å². The molecular weight excluding hydrogens is 275 g/mol. The molecule has 0 aromatic carbocycles. The molecule has 0 amide bonds. The lowest BCUT2D eigenvalue weighted by Crippen LogP contribution is -2.33. The van der Waals surface area contributed by atoms with Gasteiger partial charge in [-0.25, -0.2) is 0 Å².